The van der Waals surface area contributed by atoms with Crippen molar-refractivity contribution in [2.75, 3.05) is 18.4 Å². The standard InChI is InChI=1S/C19H19ClFN3O/c20-14-4-5-16-17(11-14)22-19(23-18(16)25)6-8-24(9-7-19)12-13-2-1-3-15(21)10-13/h1-5,10-11,22H,6-9,12H2,(H,23,25). The molecule has 0 unspecified atom stereocenters. The van der Waals surface area contributed by atoms with Crippen molar-refractivity contribution in [3.05, 3.63) is 64.4 Å². The molecule has 0 radical (unpaired) electrons. The molecule has 25 heavy (non-hydrogen) atoms. The van der Waals surface area contributed by atoms with E-state index < -0.39 is 5.66 Å². The van der Waals surface area contributed by atoms with Crippen LogP contribution in [0.3, 0.4) is 0 Å². The van der Waals surface area contributed by atoms with Crippen molar-refractivity contribution in [1.82, 2.24) is 10.2 Å². The van der Waals surface area contributed by atoms with Crippen LogP contribution in [-0.4, -0.2) is 29.6 Å². The number of fused-ring (bicyclic) bond motifs is 1. The molecule has 2 N–H and O–H groups in total. The number of likely N-dealkylation sites (tertiary alicyclic amines) is 1. The lowest BCUT2D eigenvalue weighted by atomic mass is 9.92. The zero-order valence-electron chi connectivity index (χ0n) is 13.7. The molecular formula is C19H19ClFN3O. The number of anilines is 1. The fraction of sp³-hybridized carbons (Fsp3) is 0.316. The number of amides is 1. The molecule has 6 heteroatoms. The van der Waals surface area contributed by atoms with E-state index in [1.54, 1.807) is 30.3 Å². The minimum atomic E-state index is -0.437. The number of carbonyl (C=O) groups excluding carboxylic acids is 1. The number of nitrogens with zero attached hydrogens (tertiary/aromatic N) is 1. The molecule has 2 aliphatic rings. The maximum absolute atomic E-state index is 13.3. The Kier molecular flexibility index (Phi) is 4.13. The van der Waals surface area contributed by atoms with E-state index in [1.165, 1.54) is 6.07 Å². The number of benzene rings is 2. The second kappa shape index (κ2) is 6.32. The highest BCUT2D eigenvalue weighted by molar-refractivity contribution is 6.31. The number of hydrogen-bond donors (Lipinski definition) is 2. The summed E-state index contributed by atoms with van der Waals surface area (Å²) in [5.74, 6) is -0.273. The van der Waals surface area contributed by atoms with Gasteiger partial charge in [0.15, 0.2) is 0 Å². The first-order valence-electron chi connectivity index (χ1n) is 8.40. The van der Waals surface area contributed by atoms with Crippen molar-refractivity contribution in [1.29, 1.82) is 0 Å². The SMILES string of the molecule is O=C1NC2(CCN(Cc3cccc(F)c3)CC2)Nc2cc(Cl)ccc21. The number of halogens is 2. The average Bonchev–Trinajstić information content (AvgIpc) is 2.57. The van der Waals surface area contributed by atoms with Crippen molar-refractivity contribution < 1.29 is 9.18 Å². The Bertz CT molecular complexity index is 818. The van der Waals surface area contributed by atoms with Gasteiger partial charge in [0.1, 0.15) is 11.5 Å². The largest absolute Gasteiger partial charge is 0.362 e. The molecule has 0 aliphatic carbocycles. The third kappa shape index (κ3) is 3.34. The molecule has 4 rings (SSSR count). The van der Waals surface area contributed by atoms with E-state index in [1.807, 2.05) is 6.07 Å². The Labute approximate surface area is 151 Å². The van der Waals surface area contributed by atoms with Gasteiger partial charge in [0.25, 0.3) is 5.91 Å². The van der Waals surface area contributed by atoms with E-state index in [2.05, 4.69) is 15.5 Å². The maximum atomic E-state index is 13.3. The van der Waals surface area contributed by atoms with Gasteiger partial charge >= 0.3 is 0 Å². The van der Waals surface area contributed by atoms with Gasteiger partial charge in [-0.2, -0.15) is 0 Å². The number of piperidine rings is 1. The van der Waals surface area contributed by atoms with E-state index in [-0.39, 0.29) is 11.7 Å². The lowest BCUT2D eigenvalue weighted by Gasteiger charge is -2.46. The van der Waals surface area contributed by atoms with Gasteiger partial charge in [-0.25, -0.2) is 4.39 Å². The Morgan fingerprint density at radius 2 is 1.92 bits per heavy atom. The summed E-state index contributed by atoms with van der Waals surface area (Å²) in [6.45, 7) is 2.35. The molecule has 1 fully saturated rings. The molecular weight excluding hydrogens is 341 g/mol. The molecule has 2 aliphatic heterocycles. The van der Waals surface area contributed by atoms with Crippen LogP contribution in [0.25, 0.3) is 0 Å². The molecule has 130 valence electrons. The average molecular weight is 360 g/mol. The van der Waals surface area contributed by atoms with Crippen LogP contribution in [0.4, 0.5) is 10.1 Å². The molecule has 0 saturated carbocycles. The molecule has 4 nitrogen and oxygen atoms in total. The molecule has 2 aromatic carbocycles. The maximum Gasteiger partial charge on any atom is 0.255 e. The Balaban J connectivity index is 1.45. The van der Waals surface area contributed by atoms with E-state index in [0.717, 1.165) is 37.2 Å². The summed E-state index contributed by atoms with van der Waals surface area (Å²) in [5.41, 5.74) is 1.94. The first-order valence-corrected chi connectivity index (χ1v) is 8.78. The second-order valence-corrected chi connectivity index (χ2v) is 7.19. The summed E-state index contributed by atoms with van der Waals surface area (Å²) in [6.07, 6.45) is 1.56. The van der Waals surface area contributed by atoms with Gasteiger partial charge in [-0.15, -0.1) is 0 Å². The monoisotopic (exact) mass is 359 g/mol. The van der Waals surface area contributed by atoms with Crippen LogP contribution in [0.2, 0.25) is 5.02 Å². The highest BCUT2D eigenvalue weighted by Crippen LogP contribution is 2.33. The van der Waals surface area contributed by atoms with Crippen LogP contribution < -0.4 is 10.6 Å². The van der Waals surface area contributed by atoms with Gasteiger partial charge in [0.05, 0.1) is 11.3 Å². The number of carbonyl (C=O) groups is 1. The number of nitrogens with one attached hydrogen (secondary N) is 2. The van der Waals surface area contributed by atoms with Gasteiger partial charge in [-0.1, -0.05) is 23.7 Å². The fourth-order valence-electron chi connectivity index (χ4n) is 3.63. The minimum absolute atomic E-state index is 0.0657. The summed E-state index contributed by atoms with van der Waals surface area (Å²) >= 11 is 6.07. The molecule has 2 heterocycles. The van der Waals surface area contributed by atoms with Crippen molar-refractivity contribution in [2.45, 2.75) is 25.0 Å². The van der Waals surface area contributed by atoms with Crippen LogP contribution in [0.15, 0.2) is 42.5 Å². The smallest absolute Gasteiger partial charge is 0.255 e. The molecule has 1 spiro atoms. The highest BCUT2D eigenvalue weighted by Gasteiger charge is 2.40. The third-order valence-corrected chi connectivity index (χ3v) is 5.19. The van der Waals surface area contributed by atoms with Crippen molar-refractivity contribution in [3.8, 4) is 0 Å². The Hall–Kier alpha value is -2.11. The summed E-state index contributed by atoms with van der Waals surface area (Å²) in [7, 11) is 0. The first-order chi connectivity index (χ1) is 12.0. The zero-order chi connectivity index (χ0) is 17.4. The summed E-state index contributed by atoms with van der Waals surface area (Å²) in [6, 6.07) is 12.0. The Morgan fingerprint density at radius 3 is 2.68 bits per heavy atom. The van der Waals surface area contributed by atoms with Crippen molar-refractivity contribution in [3.63, 3.8) is 0 Å². The predicted octanol–water partition coefficient (Wildman–Crippen LogP) is 3.63. The number of hydrogen-bond acceptors (Lipinski definition) is 3. The molecule has 0 aromatic heterocycles. The van der Waals surface area contributed by atoms with Gasteiger partial charge in [0, 0.05) is 37.5 Å². The third-order valence-electron chi connectivity index (χ3n) is 4.96. The van der Waals surface area contributed by atoms with Crippen LogP contribution >= 0.6 is 11.6 Å². The summed E-state index contributed by atoms with van der Waals surface area (Å²) in [5, 5.41) is 7.21. The van der Waals surface area contributed by atoms with E-state index in [4.69, 9.17) is 11.6 Å². The summed E-state index contributed by atoms with van der Waals surface area (Å²) in [4.78, 5) is 14.7. The molecule has 1 saturated heterocycles. The van der Waals surface area contributed by atoms with Gasteiger partial charge < -0.3 is 10.6 Å². The number of rotatable bonds is 2. The predicted molar refractivity (Wildman–Crippen MR) is 96.2 cm³/mol. The van der Waals surface area contributed by atoms with Crippen LogP contribution in [0.1, 0.15) is 28.8 Å². The van der Waals surface area contributed by atoms with E-state index in [0.29, 0.717) is 17.1 Å². The van der Waals surface area contributed by atoms with Crippen LogP contribution in [0.5, 0.6) is 0 Å². The van der Waals surface area contributed by atoms with Gasteiger partial charge in [-0.05, 0) is 35.9 Å². The molecule has 2 aromatic rings. The highest BCUT2D eigenvalue weighted by atomic mass is 35.5. The van der Waals surface area contributed by atoms with Crippen molar-refractivity contribution in [2.24, 2.45) is 0 Å². The lowest BCUT2D eigenvalue weighted by Crippen LogP contribution is -2.62. The van der Waals surface area contributed by atoms with E-state index >= 15 is 0 Å². The minimum Gasteiger partial charge on any atom is -0.362 e. The van der Waals surface area contributed by atoms with Crippen LogP contribution in [0, 0.1) is 5.82 Å². The molecule has 1 amide bonds. The lowest BCUT2D eigenvalue weighted by molar-refractivity contribution is 0.0822. The Morgan fingerprint density at radius 1 is 1.12 bits per heavy atom. The molecule has 0 atom stereocenters. The van der Waals surface area contributed by atoms with E-state index in [9.17, 15) is 9.18 Å². The first kappa shape index (κ1) is 16.4. The van der Waals surface area contributed by atoms with Crippen LogP contribution in [-0.2, 0) is 6.54 Å². The normalized spacial score (nSPS) is 19.2. The second-order valence-electron chi connectivity index (χ2n) is 6.76. The quantitative estimate of drug-likeness (QED) is 0.860. The summed E-state index contributed by atoms with van der Waals surface area (Å²) < 4.78 is 13.3. The molecule has 0 bridgehead atoms. The van der Waals surface area contributed by atoms with Gasteiger partial charge in [-0.3, -0.25) is 9.69 Å². The fourth-order valence-corrected chi connectivity index (χ4v) is 3.80. The zero-order valence-corrected chi connectivity index (χ0v) is 14.4. The van der Waals surface area contributed by atoms with Crippen molar-refractivity contribution >= 4 is 23.2 Å². The van der Waals surface area contributed by atoms with Gasteiger partial charge in [0.2, 0.25) is 0 Å². The topological polar surface area (TPSA) is 44.4 Å².